The average molecular weight is 296 g/mol. The second-order valence-electron chi connectivity index (χ2n) is 6.03. The van der Waals surface area contributed by atoms with Crippen molar-refractivity contribution in [2.24, 2.45) is 11.1 Å². The summed E-state index contributed by atoms with van der Waals surface area (Å²) in [6.07, 6.45) is 2.40. The molecule has 0 spiro atoms. The number of hydrogen-bond donors (Lipinski definition) is 3. The van der Waals surface area contributed by atoms with Crippen molar-refractivity contribution in [1.29, 1.82) is 0 Å². The first kappa shape index (κ1) is 15.1. The number of piperidine rings is 1. The first-order valence-electron chi connectivity index (χ1n) is 6.97. The van der Waals surface area contributed by atoms with Crippen LogP contribution in [0.5, 0.6) is 0 Å². The molecule has 1 atom stereocenters. The number of carbonyl (C=O) groups excluding carboxylic acids is 1. The van der Waals surface area contributed by atoms with Crippen LogP contribution in [-0.4, -0.2) is 25.0 Å². The van der Waals surface area contributed by atoms with E-state index < -0.39 is 5.91 Å². The summed E-state index contributed by atoms with van der Waals surface area (Å²) < 4.78 is 0. The predicted octanol–water partition coefficient (Wildman–Crippen LogP) is 2.63. The van der Waals surface area contributed by atoms with E-state index in [1.54, 1.807) is 18.2 Å². The molecule has 1 fully saturated rings. The number of primary amides is 1. The topological polar surface area (TPSA) is 67.2 Å². The zero-order chi connectivity index (χ0) is 14.8. The SMILES string of the molecule is CC1(C)CCCNC1CNc1cc(Cl)ccc1C(N)=O. The van der Waals surface area contributed by atoms with E-state index in [0.29, 0.717) is 22.3 Å². The van der Waals surface area contributed by atoms with Crippen molar-refractivity contribution in [1.82, 2.24) is 5.32 Å². The van der Waals surface area contributed by atoms with Crippen molar-refractivity contribution >= 4 is 23.2 Å². The lowest BCUT2D eigenvalue weighted by molar-refractivity contribution is 0.100. The van der Waals surface area contributed by atoms with Crippen molar-refractivity contribution < 1.29 is 4.79 Å². The van der Waals surface area contributed by atoms with Gasteiger partial charge in [-0.2, -0.15) is 0 Å². The van der Waals surface area contributed by atoms with E-state index in [1.165, 1.54) is 12.8 Å². The van der Waals surface area contributed by atoms with Crippen molar-refractivity contribution in [2.75, 3.05) is 18.4 Å². The molecule has 1 aromatic rings. The van der Waals surface area contributed by atoms with Crippen LogP contribution in [0.15, 0.2) is 18.2 Å². The fourth-order valence-corrected chi connectivity index (χ4v) is 2.88. The van der Waals surface area contributed by atoms with Gasteiger partial charge in [0.25, 0.3) is 5.91 Å². The minimum Gasteiger partial charge on any atom is -0.383 e. The Morgan fingerprint density at radius 3 is 2.95 bits per heavy atom. The molecule has 1 aliphatic heterocycles. The number of amides is 1. The number of halogens is 1. The third kappa shape index (κ3) is 3.44. The predicted molar refractivity (Wildman–Crippen MR) is 83.3 cm³/mol. The number of nitrogens with one attached hydrogen (secondary N) is 2. The maximum Gasteiger partial charge on any atom is 0.250 e. The zero-order valence-electron chi connectivity index (χ0n) is 12.0. The molecule has 0 saturated carbocycles. The molecular weight excluding hydrogens is 274 g/mol. The summed E-state index contributed by atoms with van der Waals surface area (Å²) in [5, 5.41) is 7.44. The summed E-state index contributed by atoms with van der Waals surface area (Å²) in [5.74, 6) is -0.444. The van der Waals surface area contributed by atoms with Crippen LogP contribution >= 0.6 is 11.6 Å². The molecular formula is C15H22ClN3O. The third-order valence-corrected chi connectivity index (χ3v) is 4.31. The molecule has 0 aromatic heterocycles. The Morgan fingerprint density at radius 1 is 1.55 bits per heavy atom. The standard InChI is InChI=1S/C15H22ClN3O/c1-15(2)6-3-7-18-13(15)9-19-12-8-10(16)4-5-11(12)14(17)20/h4-5,8,13,18-19H,3,6-7,9H2,1-2H3,(H2,17,20). The molecule has 1 aliphatic rings. The molecule has 1 amide bonds. The highest BCUT2D eigenvalue weighted by atomic mass is 35.5. The Balaban J connectivity index is 2.10. The second-order valence-corrected chi connectivity index (χ2v) is 6.47. The Bertz CT molecular complexity index is 502. The molecule has 5 heteroatoms. The molecule has 1 heterocycles. The second kappa shape index (κ2) is 6.02. The van der Waals surface area contributed by atoms with Gasteiger partial charge in [0, 0.05) is 23.3 Å². The van der Waals surface area contributed by atoms with E-state index >= 15 is 0 Å². The van der Waals surface area contributed by atoms with Gasteiger partial charge in [0.2, 0.25) is 0 Å². The lowest BCUT2D eigenvalue weighted by Crippen LogP contribution is -2.50. The molecule has 110 valence electrons. The van der Waals surface area contributed by atoms with Gasteiger partial charge in [-0.1, -0.05) is 25.4 Å². The molecule has 20 heavy (non-hydrogen) atoms. The monoisotopic (exact) mass is 295 g/mol. The highest BCUT2D eigenvalue weighted by Gasteiger charge is 2.31. The quantitative estimate of drug-likeness (QED) is 0.800. The van der Waals surface area contributed by atoms with E-state index in [0.717, 1.165) is 13.1 Å². The van der Waals surface area contributed by atoms with Gasteiger partial charge in [-0.15, -0.1) is 0 Å². The van der Waals surface area contributed by atoms with E-state index in [4.69, 9.17) is 17.3 Å². The maximum atomic E-state index is 11.4. The molecule has 1 aromatic carbocycles. The Morgan fingerprint density at radius 2 is 2.30 bits per heavy atom. The summed E-state index contributed by atoms with van der Waals surface area (Å²) in [6.45, 7) is 6.30. The van der Waals surface area contributed by atoms with Crippen molar-refractivity contribution in [3.8, 4) is 0 Å². The van der Waals surface area contributed by atoms with Crippen LogP contribution in [0.1, 0.15) is 37.0 Å². The largest absolute Gasteiger partial charge is 0.383 e. The fourth-order valence-electron chi connectivity index (χ4n) is 2.71. The number of hydrogen-bond acceptors (Lipinski definition) is 3. The van der Waals surface area contributed by atoms with Crippen molar-refractivity contribution in [3.63, 3.8) is 0 Å². The van der Waals surface area contributed by atoms with Gasteiger partial charge in [-0.25, -0.2) is 0 Å². The summed E-state index contributed by atoms with van der Waals surface area (Å²) in [6, 6.07) is 5.44. The number of anilines is 1. The zero-order valence-corrected chi connectivity index (χ0v) is 12.8. The van der Waals surface area contributed by atoms with Crippen LogP contribution in [0.3, 0.4) is 0 Å². The summed E-state index contributed by atoms with van der Waals surface area (Å²) in [7, 11) is 0. The minimum atomic E-state index is -0.444. The van der Waals surface area contributed by atoms with Crippen LogP contribution < -0.4 is 16.4 Å². The summed E-state index contributed by atoms with van der Waals surface area (Å²) in [5.41, 5.74) is 6.80. The minimum absolute atomic E-state index is 0.233. The van der Waals surface area contributed by atoms with Crippen molar-refractivity contribution in [3.05, 3.63) is 28.8 Å². The number of rotatable bonds is 4. The molecule has 0 aliphatic carbocycles. The molecule has 4 nitrogen and oxygen atoms in total. The van der Waals surface area contributed by atoms with Gasteiger partial charge in [-0.05, 0) is 43.0 Å². The van der Waals surface area contributed by atoms with Gasteiger partial charge in [0.05, 0.1) is 5.56 Å². The normalized spacial score (nSPS) is 21.4. The smallest absolute Gasteiger partial charge is 0.250 e. The lowest BCUT2D eigenvalue weighted by atomic mass is 9.77. The van der Waals surface area contributed by atoms with E-state index in [9.17, 15) is 4.79 Å². The molecule has 2 rings (SSSR count). The highest BCUT2D eigenvalue weighted by Crippen LogP contribution is 2.30. The van der Waals surface area contributed by atoms with Gasteiger partial charge in [0.15, 0.2) is 0 Å². The van der Waals surface area contributed by atoms with Crippen LogP contribution in [0.25, 0.3) is 0 Å². The third-order valence-electron chi connectivity index (χ3n) is 4.08. The van der Waals surface area contributed by atoms with Gasteiger partial charge in [-0.3, -0.25) is 4.79 Å². The Labute approximate surface area is 125 Å². The van der Waals surface area contributed by atoms with Crippen molar-refractivity contribution in [2.45, 2.75) is 32.7 Å². The van der Waals surface area contributed by atoms with E-state index in [-0.39, 0.29) is 5.41 Å². The Hall–Kier alpha value is -1.26. The summed E-state index contributed by atoms with van der Waals surface area (Å²) >= 11 is 5.99. The lowest BCUT2D eigenvalue weighted by Gasteiger charge is -2.39. The molecule has 4 N–H and O–H groups in total. The fraction of sp³-hybridized carbons (Fsp3) is 0.533. The summed E-state index contributed by atoms with van der Waals surface area (Å²) in [4.78, 5) is 11.4. The van der Waals surface area contributed by atoms with Gasteiger partial charge < -0.3 is 16.4 Å². The number of carbonyl (C=O) groups is 1. The van der Waals surface area contributed by atoms with Crippen LogP contribution in [0.2, 0.25) is 5.02 Å². The first-order chi connectivity index (χ1) is 9.40. The van der Waals surface area contributed by atoms with E-state index in [2.05, 4.69) is 24.5 Å². The van der Waals surface area contributed by atoms with Gasteiger partial charge >= 0.3 is 0 Å². The number of benzene rings is 1. The van der Waals surface area contributed by atoms with Crippen LogP contribution in [0, 0.1) is 5.41 Å². The average Bonchev–Trinajstić information content (AvgIpc) is 2.36. The molecule has 0 bridgehead atoms. The highest BCUT2D eigenvalue weighted by molar-refractivity contribution is 6.31. The molecule has 1 unspecified atom stereocenters. The molecule has 1 saturated heterocycles. The van der Waals surface area contributed by atoms with Crippen LogP contribution in [-0.2, 0) is 0 Å². The maximum absolute atomic E-state index is 11.4. The van der Waals surface area contributed by atoms with Crippen LogP contribution in [0.4, 0.5) is 5.69 Å². The molecule has 0 radical (unpaired) electrons. The van der Waals surface area contributed by atoms with Gasteiger partial charge in [0.1, 0.15) is 0 Å². The Kier molecular flexibility index (Phi) is 4.55. The van der Waals surface area contributed by atoms with E-state index in [1.807, 2.05) is 0 Å². The number of nitrogens with two attached hydrogens (primary N) is 1. The first-order valence-corrected chi connectivity index (χ1v) is 7.34.